The van der Waals surface area contributed by atoms with Gasteiger partial charge in [0.15, 0.2) is 0 Å². The van der Waals surface area contributed by atoms with Crippen LogP contribution in [0.25, 0.3) is 0 Å². The van der Waals surface area contributed by atoms with E-state index >= 15 is 0 Å². The second-order valence-corrected chi connectivity index (χ2v) is 7.00. The van der Waals surface area contributed by atoms with Crippen molar-refractivity contribution in [1.29, 1.82) is 0 Å². The van der Waals surface area contributed by atoms with Crippen LogP contribution in [0.4, 0.5) is 4.79 Å². The van der Waals surface area contributed by atoms with Crippen LogP contribution in [0.15, 0.2) is 0 Å². The quantitative estimate of drug-likeness (QED) is 0.398. The van der Waals surface area contributed by atoms with Crippen molar-refractivity contribution in [1.82, 2.24) is 10.2 Å². The molecule has 0 aromatic carbocycles. The molecular weight excluding hydrogens is 332 g/mol. The molecule has 0 unspecified atom stereocenters. The predicted octanol–water partition coefficient (Wildman–Crippen LogP) is 3.51. The molecule has 0 bridgehead atoms. The lowest BCUT2D eigenvalue weighted by Gasteiger charge is -2.19. The lowest BCUT2D eigenvalue weighted by Crippen LogP contribution is -2.35. The van der Waals surface area contributed by atoms with Crippen LogP contribution in [0.2, 0.25) is 0 Å². The largest absolute Gasteiger partial charge is 0.462 e. The van der Waals surface area contributed by atoms with Crippen LogP contribution in [0.5, 0.6) is 0 Å². The summed E-state index contributed by atoms with van der Waals surface area (Å²) in [6, 6.07) is 0. The number of hydrogen-bond donors (Lipinski definition) is 1. The van der Waals surface area contributed by atoms with Gasteiger partial charge in [-0.15, -0.1) is 0 Å². The number of unbranched alkanes of at least 4 members (excludes halogenated alkanes) is 3. The summed E-state index contributed by atoms with van der Waals surface area (Å²) in [5.41, 5.74) is 0. The van der Waals surface area contributed by atoms with E-state index in [1.807, 2.05) is 0 Å². The van der Waals surface area contributed by atoms with E-state index in [4.69, 9.17) is 9.47 Å². The second-order valence-electron chi connectivity index (χ2n) is 7.00. The molecule has 1 aliphatic rings. The number of carbonyl (C=O) groups excluding carboxylic acids is 2. The van der Waals surface area contributed by atoms with Gasteiger partial charge in [-0.1, -0.05) is 26.2 Å². The standard InChI is InChI=1S/C20H36N2O4/c1-4-5-6-7-10-18(11-12-19(23)25-17(2)3)26-20(24)21-13-16-22-14-8-9-15-22/h17-18H,2-16H2,1H3,(H,21,24)/t18-/m1/s1. The number of ether oxygens (including phenoxy) is 2. The first-order valence-corrected chi connectivity index (χ1v) is 10.0. The van der Waals surface area contributed by atoms with E-state index in [1.165, 1.54) is 19.3 Å². The van der Waals surface area contributed by atoms with Crippen LogP contribution in [0, 0.1) is 13.8 Å². The summed E-state index contributed by atoms with van der Waals surface area (Å²) >= 11 is 0. The molecule has 0 saturated carbocycles. The maximum atomic E-state index is 12.1. The molecular formula is C20H36N2O4. The molecule has 2 radical (unpaired) electrons. The number of amides is 1. The number of alkyl carbamates (subject to hydrolysis) is 1. The van der Waals surface area contributed by atoms with Gasteiger partial charge in [-0.3, -0.25) is 4.79 Å². The molecule has 1 saturated heterocycles. The minimum absolute atomic E-state index is 0.209. The molecule has 26 heavy (non-hydrogen) atoms. The Morgan fingerprint density at radius 3 is 2.46 bits per heavy atom. The van der Waals surface area contributed by atoms with Gasteiger partial charge in [0.1, 0.15) is 12.2 Å². The summed E-state index contributed by atoms with van der Waals surface area (Å²) in [5.74, 6) is -0.350. The molecule has 1 aliphatic heterocycles. The first kappa shape index (κ1) is 22.7. The third-order valence-electron chi connectivity index (χ3n) is 4.52. The van der Waals surface area contributed by atoms with E-state index in [2.05, 4.69) is 31.0 Å². The highest BCUT2D eigenvalue weighted by Crippen LogP contribution is 2.14. The normalized spacial score (nSPS) is 15.8. The Morgan fingerprint density at radius 2 is 1.81 bits per heavy atom. The van der Waals surface area contributed by atoms with Gasteiger partial charge in [0.25, 0.3) is 0 Å². The topological polar surface area (TPSA) is 67.9 Å². The number of esters is 1. The number of hydrogen-bond acceptors (Lipinski definition) is 5. The van der Waals surface area contributed by atoms with Crippen LogP contribution in [-0.4, -0.2) is 55.3 Å². The van der Waals surface area contributed by atoms with Gasteiger partial charge < -0.3 is 19.7 Å². The first-order valence-electron chi connectivity index (χ1n) is 10.0. The molecule has 1 rings (SSSR count). The smallest absolute Gasteiger partial charge is 0.407 e. The molecule has 1 atom stereocenters. The van der Waals surface area contributed by atoms with Crippen molar-refractivity contribution in [2.24, 2.45) is 0 Å². The van der Waals surface area contributed by atoms with E-state index in [-0.39, 0.29) is 18.5 Å². The zero-order valence-corrected chi connectivity index (χ0v) is 16.3. The molecule has 0 aromatic heterocycles. The summed E-state index contributed by atoms with van der Waals surface area (Å²) in [6.07, 6.45) is 7.07. The molecule has 1 fully saturated rings. The van der Waals surface area contributed by atoms with Gasteiger partial charge in [0.2, 0.25) is 0 Å². The molecule has 6 heteroatoms. The van der Waals surface area contributed by atoms with Gasteiger partial charge in [0.05, 0.1) is 0 Å². The van der Waals surface area contributed by atoms with Crippen molar-refractivity contribution in [2.75, 3.05) is 26.2 Å². The van der Waals surface area contributed by atoms with Crippen LogP contribution in [0.1, 0.15) is 64.7 Å². The van der Waals surface area contributed by atoms with Crippen molar-refractivity contribution >= 4 is 12.1 Å². The fraction of sp³-hybridized carbons (Fsp3) is 0.800. The van der Waals surface area contributed by atoms with Crippen molar-refractivity contribution in [3.8, 4) is 0 Å². The third-order valence-corrected chi connectivity index (χ3v) is 4.52. The SMILES string of the molecule is [CH2]C([CH2])OC(=O)CC[C@@H](CCCCCC)OC(=O)NCCN1CCCC1. The Labute approximate surface area is 159 Å². The molecule has 1 N–H and O–H groups in total. The first-order chi connectivity index (χ1) is 12.5. The second kappa shape index (κ2) is 13.8. The highest BCUT2D eigenvalue weighted by atomic mass is 16.6. The van der Waals surface area contributed by atoms with Gasteiger partial charge in [-0.25, -0.2) is 4.79 Å². The van der Waals surface area contributed by atoms with E-state index in [0.717, 1.165) is 45.3 Å². The summed E-state index contributed by atoms with van der Waals surface area (Å²) in [6.45, 7) is 12.9. The van der Waals surface area contributed by atoms with E-state index in [1.54, 1.807) is 0 Å². The number of likely N-dealkylation sites (tertiary alicyclic amines) is 1. The van der Waals surface area contributed by atoms with Gasteiger partial charge in [0, 0.05) is 19.5 Å². The molecule has 1 amide bonds. The molecule has 150 valence electrons. The fourth-order valence-electron chi connectivity index (χ4n) is 3.10. The zero-order chi connectivity index (χ0) is 19.2. The average Bonchev–Trinajstić information content (AvgIpc) is 3.09. The summed E-state index contributed by atoms with van der Waals surface area (Å²) in [4.78, 5) is 26.1. The Balaban J connectivity index is 2.30. The lowest BCUT2D eigenvalue weighted by molar-refractivity contribution is -0.146. The van der Waals surface area contributed by atoms with E-state index in [0.29, 0.717) is 13.0 Å². The van der Waals surface area contributed by atoms with E-state index in [9.17, 15) is 9.59 Å². The maximum absolute atomic E-state index is 12.1. The summed E-state index contributed by atoms with van der Waals surface area (Å²) < 4.78 is 10.5. The predicted molar refractivity (Wildman–Crippen MR) is 103 cm³/mol. The van der Waals surface area contributed by atoms with Crippen molar-refractivity contribution in [3.05, 3.63) is 13.8 Å². The maximum Gasteiger partial charge on any atom is 0.407 e. The fourth-order valence-corrected chi connectivity index (χ4v) is 3.10. The highest BCUT2D eigenvalue weighted by Gasteiger charge is 2.18. The monoisotopic (exact) mass is 368 g/mol. The van der Waals surface area contributed by atoms with Crippen LogP contribution < -0.4 is 5.32 Å². The third kappa shape index (κ3) is 11.3. The summed E-state index contributed by atoms with van der Waals surface area (Å²) in [7, 11) is 0. The van der Waals surface area contributed by atoms with Crippen LogP contribution >= 0.6 is 0 Å². The minimum atomic E-state index is -0.611. The van der Waals surface area contributed by atoms with Crippen molar-refractivity contribution in [3.63, 3.8) is 0 Å². The number of nitrogens with zero attached hydrogens (tertiary/aromatic N) is 1. The molecule has 1 heterocycles. The average molecular weight is 369 g/mol. The Kier molecular flexibility index (Phi) is 12.1. The molecule has 0 aromatic rings. The van der Waals surface area contributed by atoms with Crippen LogP contribution in [-0.2, 0) is 14.3 Å². The number of nitrogens with one attached hydrogen (secondary N) is 1. The van der Waals surface area contributed by atoms with Gasteiger partial charge >= 0.3 is 12.1 Å². The summed E-state index contributed by atoms with van der Waals surface area (Å²) in [5, 5.41) is 2.82. The Hall–Kier alpha value is -1.30. The number of rotatable bonds is 13. The lowest BCUT2D eigenvalue weighted by atomic mass is 10.1. The molecule has 0 aliphatic carbocycles. The van der Waals surface area contributed by atoms with E-state index < -0.39 is 12.2 Å². The Morgan fingerprint density at radius 1 is 1.08 bits per heavy atom. The van der Waals surface area contributed by atoms with Crippen LogP contribution in [0.3, 0.4) is 0 Å². The highest BCUT2D eigenvalue weighted by molar-refractivity contribution is 5.70. The van der Waals surface area contributed by atoms with Crippen molar-refractivity contribution in [2.45, 2.75) is 76.9 Å². The zero-order valence-electron chi connectivity index (χ0n) is 16.3. The Bertz CT molecular complexity index is 395. The molecule has 6 nitrogen and oxygen atoms in total. The number of carbonyl (C=O) groups is 2. The van der Waals surface area contributed by atoms with Crippen molar-refractivity contribution < 1.29 is 19.1 Å². The minimum Gasteiger partial charge on any atom is -0.462 e. The van der Waals surface area contributed by atoms with Gasteiger partial charge in [-0.2, -0.15) is 0 Å². The molecule has 0 spiro atoms. The van der Waals surface area contributed by atoms with Gasteiger partial charge in [-0.05, 0) is 59.0 Å².